The van der Waals surface area contributed by atoms with Gasteiger partial charge < -0.3 is 5.32 Å². The molecule has 1 aromatic rings. The van der Waals surface area contributed by atoms with Crippen molar-refractivity contribution in [2.24, 2.45) is 11.8 Å². The first-order valence-corrected chi connectivity index (χ1v) is 7.62. The highest BCUT2D eigenvalue weighted by Gasteiger charge is 2.13. The van der Waals surface area contributed by atoms with Gasteiger partial charge in [-0.1, -0.05) is 27.7 Å². The van der Waals surface area contributed by atoms with Crippen molar-refractivity contribution in [1.29, 1.82) is 0 Å². The summed E-state index contributed by atoms with van der Waals surface area (Å²) in [6.45, 7) is 10.2. The van der Waals surface area contributed by atoms with E-state index in [-0.39, 0.29) is 0 Å². The van der Waals surface area contributed by atoms with Crippen LogP contribution in [0.15, 0.2) is 15.9 Å². The van der Waals surface area contributed by atoms with Crippen LogP contribution in [0.4, 0.5) is 0 Å². The molecule has 0 spiro atoms. The first-order valence-electron chi connectivity index (χ1n) is 5.95. The van der Waals surface area contributed by atoms with E-state index in [2.05, 4.69) is 60.4 Å². The number of hydrogen-bond donors (Lipinski definition) is 1. The minimum Gasteiger partial charge on any atom is -0.314 e. The molecule has 1 rings (SSSR count). The molecule has 3 heteroatoms. The van der Waals surface area contributed by atoms with E-state index in [0.29, 0.717) is 6.04 Å². The lowest BCUT2D eigenvalue weighted by molar-refractivity contribution is 0.355. The van der Waals surface area contributed by atoms with Crippen molar-refractivity contribution >= 4 is 27.3 Å². The summed E-state index contributed by atoms with van der Waals surface area (Å²) in [6, 6.07) is 2.83. The summed E-state index contributed by atoms with van der Waals surface area (Å²) in [5, 5.41) is 5.68. The van der Waals surface area contributed by atoms with Crippen molar-refractivity contribution in [2.75, 3.05) is 6.54 Å². The third-order valence-corrected chi connectivity index (χ3v) is 4.68. The van der Waals surface area contributed by atoms with Crippen molar-refractivity contribution in [3.05, 3.63) is 20.8 Å². The molecule has 0 aliphatic heterocycles. The molecule has 1 heterocycles. The molecule has 0 bridgehead atoms. The van der Waals surface area contributed by atoms with E-state index >= 15 is 0 Å². The Kier molecular flexibility index (Phi) is 6.01. The number of nitrogens with one attached hydrogen (secondary N) is 1. The van der Waals surface area contributed by atoms with Gasteiger partial charge in [-0.2, -0.15) is 0 Å². The van der Waals surface area contributed by atoms with E-state index in [1.165, 1.54) is 15.8 Å². The average molecular weight is 304 g/mol. The van der Waals surface area contributed by atoms with Gasteiger partial charge in [0.15, 0.2) is 0 Å². The third-order valence-electron chi connectivity index (χ3n) is 2.96. The predicted octanol–water partition coefficient (Wildman–Crippen LogP) is 4.32. The van der Waals surface area contributed by atoms with Crippen LogP contribution in [0.1, 0.15) is 32.6 Å². The number of halogens is 1. The normalized spacial score (nSPS) is 15.4. The molecule has 0 aromatic carbocycles. The predicted molar refractivity (Wildman–Crippen MR) is 77.2 cm³/mol. The van der Waals surface area contributed by atoms with Gasteiger partial charge in [-0.3, -0.25) is 0 Å². The van der Waals surface area contributed by atoms with Crippen LogP contribution >= 0.6 is 27.3 Å². The SMILES string of the molecule is CC(C)NCC(C)C(C)Cc1cc(Br)cs1. The summed E-state index contributed by atoms with van der Waals surface area (Å²) < 4.78 is 1.22. The zero-order valence-corrected chi connectivity index (χ0v) is 13.0. The number of rotatable bonds is 6. The Labute approximate surface area is 112 Å². The van der Waals surface area contributed by atoms with Gasteiger partial charge in [0, 0.05) is 20.8 Å². The van der Waals surface area contributed by atoms with E-state index in [1.54, 1.807) is 0 Å². The van der Waals surface area contributed by atoms with E-state index in [9.17, 15) is 0 Å². The zero-order valence-electron chi connectivity index (χ0n) is 10.6. The first kappa shape index (κ1) is 14.2. The zero-order chi connectivity index (χ0) is 12.1. The molecule has 0 radical (unpaired) electrons. The third kappa shape index (κ3) is 4.98. The Balaban J connectivity index is 2.36. The lowest BCUT2D eigenvalue weighted by atomic mass is 9.92. The standard InChI is InChI=1S/C13H22BrNS/c1-9(2)15-7-11(4)10(3)5-13-6-12(14)8-16-13/h6,8-11,15H,5,7H2,1-4H3. The van der Waals surface area contributed by atoms with Crippen LogP contribution in [-0.4, -0.2) is 12.6 Å². The van der Waals surface area contributed by atoms with Crippen molar-refractivity contribution in [3.63, 3.8) is 0 Å². The molecule has 92 valence electrons. The summed E-state index contributed by atoms with van der Waals surface area (Å²) in [6.07, 6.45) is 1.19. The van der Waals surface area contributed by atoms with Crippen molar-refractivity contribution in [3.8, 4) is 0 Å². The molecule has 16 heavy (non-hydrogen) atoms. The highest BCUT2D eigenvalue weighted by atomic mass is 79.9. The molecule has 0 aliphatic carbocycles. The molecule has 2 unspecified atom stereocenters. The maximum atomic E-state index is 3.51. The van der Waals surface area contributed by atoms with Crippen LogP contribution in [0, 0.1) is 11.8 Å². The fraction of sp³-hybridized carbons (Fsp3) is 0.692. The van der Waals surface area contributed by atoms with E-state index in [1.807, 2.05) is 11.3 Å². The molecular formula is C13H22BrNS. The van der Waals surface area contributed by atoms with Gasteiger partial charge in [-0.15, -0.1) is 11.3 Å². The van der Waals surface area contributed by atoms with Gasteiger partial charge in [0.1, 0.15) is 0 Å². The van der Waals surface area contributed by atoms with Gasteiger partial charge in [-0.25, -0.2) is 0 Å². The topological polar surface area (TPSA) is 12.0 Å². The van der Waals surface area contributed by atoms with Gasteiger partial charge in [0.2, 0.25) is 0 Å². The van der Waals surface area contributed by atoms with Crippen molar-refractivity contribution in [2.45, 2.75) is 40.2 Å². The Bertz CT molecular complexity index is 309. The maximum Gasteiger partial charge on any atom is 0.0285 e. The smallest absolute Gasteiger partial charge is 0.0285 e. The minimum atomic E-state index is 0.588. The van der Waals surface area contributed by atoms with Crippen LogP contribution < -0.4 is 5.32 Å². The van der Waals surface area contributed by atoms with Gasteiger partial charge in [0.25, 0.3) is 0 Å². The lowest BCUT2D eigenvalue weighted by Crippen LogP contribution is -2.30. The van der Waals surface area contributed by atoms with Crippen molar-refractivity contribution < 1.29 is 0 Å². The van der Waals surface area contributed by atoms with E-state index in [0.717, 1.165) is 18.4 Å². The highest BCUT2D eigenvalue weighted by Crippen LogP contribution is 2.24. The summed E-state index contributed by atoms with van der Waals surface area (Å²) in [5.74, 6) is 1.46. The monoisotopic (exact) mass is 303 g/mol. The van der Waals surface area contributed by atoms with Crippen LogP contribution in [0.5, 0.6) is 0 Å². The molecule has 1 aromatic heterocycles. The summed E-state index contributed by atoms with van der Waals surface area (Å²) in [7, 11) is 0. The molecule has 0 aliphatic rings. The Hall–Kier alpha value is 0.140. The summed E-state index contributed by atoms with van der Waals surface area (Å²) in [5.41, 5.74) is 0. The number of thiophene rings is 1. The lowest BCUT2D eigenvalue weighted by Gasteiger charge is -2.21. The minimum absolute atomic E-state index is 0.588. The van der Waals surface area contributed by atoms with Gasteiger partial charge in [0.05, 0.1) is 0 Å². The fourth-order valence-electron chi connectivity index (χ4n) is 1.60. The molecule has 2 atom stereocenters. The number of hydrogen-bond acceptors (Lipinski definition) is 2. The van der Waals surface area contributed by atoms with E-state index < -0.39 is 0 Å². The Morgan fingerprint density at radius 3 is 2.44 bits per heavy atom. The molecular weight excluding hydrogens is 282 g/mol. The van der Waals surface area contributed by atoms with Crippen LogP contribution in [0.25, 0.3) is 0 Å². The Morgan fingerprint density at radius 1 is 1.25 bits per heavy atom. The summed E-state index contributed by atoms with van der Waals surface area (Å²) >= 11 is 5.36. The second-order valence-corrected chi connectivity index (χ2v) is 6.86. The second kappa shape index (κ2) is 6.77. The molecule has 0 saturated heterocycles. The second-order valence-electron chi connectivity index (χ2n) is 4.95. The fourth-order valence-corrected chi connectivity index (χ4v) is 3.20. The summed E-state index contributed by atoms with van der Waals surface area (Å²) in [4.78, 5) is 1.48. The Morgan fingerprint density at radius 2 is 1.94 bits per heavy atom. The van der Waals surface area contributed by atoms with Crippen LogP contribution in [-0.2, 0) is 6.42 Å². The average Bonchev–Trinajstić information content (AvgIpc) is 2.60. The molecule has 0 saturated carbocycles. The van der Waals surface area contributed by atoms with Crippen molar-refractivity contribution in [1.82, 2.24) is 5.32 Å². The van der Waals surface area contributed by atoms with Crippen LogP contribution in [0.2, 0.25) is 0 Å². The largest absolute Gasteiger partial charge is 0.314 e. The van der Waals surface area contributed by atoms with E-state index in [4.69, 9.17) is 0 Å². The molecule has 1 nitrogen and oxygen atoms in total. The maximum absolute atomic E-state index is 3.51. The molecule has 1 N–H and O–H groups in total. The van der Waals surface area contributed by atoms with Gasteiger partial charge in [-0.05, 0) is 46.8 Å². The highest BCUT2D eigenvalue weighted by molar-refractivity contribution is 9.10. The quantitative estimate of drug-likeness (QED) is 0.825. The molecule has 0 fully saturated rings. The molecule has 0 amide bonds. The van der Waals surface area contributed by atoms with Gasteiger partial charge >= 0.3 is 0 Å². The van der Waals surface area contributed by atoms with Crippen LogP contribution in [0.3, 0.4) is 0 Å². The first-order chi connectivity index (χ1) is 7.49.